The summed E-state index contributed by atoms with van der Waals surface area (Å²) >= 11 is 0. The lowest BCUT2D eigenvalue weighted by Crippen LogP contribution is -2.09. The average Bonchev–Trinajstić information content (AvgIpc) is 3.77. The fourth-order valence-electron chi connectivity index (χ4n) is 8.98. The molecule has 0 aliphatic heterocycles. The molecule has 10 aromatic carbocycles. The van der Waals surface area contributed by atoms with E-state index in [0.29, 0.717) is 0 Å². The van der Waals surface area contributed by atoms with Crippen molar-refractivity contribution < 1.29 is 9.15 Å². The van der Waals surface area contributed by atoms with Crippen LogP contribution in [0.25, 0.3) is 83.6 Å². The number of furan rings is 1. The second kappa shape index (κ2) is 17.5. The molecule has 0 aliphatic rings. The van der Waals surface area contributed by atoms with Crippen LogP contribution in [-0.2, 0) is 0 Å². The largest absolute Gasteiger partial charge is 0.457 e. The minimum Gasteiger partial charge on any atom is -0.457 e. The highest BCUT2D eigenvalue weighted by molar-refractivity contribution is 6.09. The van der Waals surface area contributed by atoms with Gasteiger partial charge in [-0.1, -0.05) is 189 Å². The Labute approximate surface area is 385 Å². The van der Waals surface area contributed by atoms with Gasteiger partial charge in [0.25, 0.3) is 0 Å². The second-order valence-corrected chi connectivity index (χ2v) is 16.6. The molecule has 0 aliphatic carbocycles. The van der Waals surface area contributed by atoms with Crippen LogP contribution in [0.3, 0.4) is 0 Å². The zero-order valence-corrected chi connectivity index (χ0v) is 36.6. The summed E-state index contributed by atoms with van der Waals surface area (Å²) in [4.78, 5) is 2.32. The normalized spacial score (nSPS) is 11.2. The van der Waals surface area contributed by atoms with Crippen LogP contribution in [0.15, 0.2) is 248 Å². The van der Waals surface area contributed by atoms with Gasteiger partial charge in [-0.05, 0) is 123 Å². The maximum atomic E-state index is 6.44. The van der Waals surface area contributed by atoms with Crippen molar-refractivity contribution in [3.05, 3.63) is 254 Å². The molecule has 0 spiro atoms. The first kappa shape index (κ1) is 40.1. The summed E-state index contributed by atoms with van der Waals surface area (Å²) in [6, 6.07) is 83.4. The van der Waals surface area contributed by atoms with Crippen LogP contribution in [0, 0.1) is 6.92 Å². The van der Waals surface area contributed by atoms with E-state index in [-0.39, 0.29) is 0 Å². The summed E-state index contributed by atoms with van der Waals surface area (Å²) in [6.07, 6.45) is 1.87. The molecule has 0 atom stereocenters. The van der Waals surface area contributed by atoms with Crippen LogP contribution in [-0.4, -0.2) is 0 Å². The highest BCUT2D eigenvalue weighted by atomic mass is 16.5. The van der Waals surface area contributed by atoms with Gasteiger partial charge < -0.3 is 14.1 Å². The fourth-order valence-corrected chi connectivity index (χ4v) is 8.98. The zero-order chi connectivity index (χ0) is 44.4. The van der Waals surface area contributed by atoms with Gasteiger partial charge in [0.15, 0.2) is 0 Å². The van der Waals surface area contributed by atoms with Crippen molar-refractivity contribution in [1.82, 2.24) is 0 Å². The summed E-state index contributed by atoms with van der Waals surface area (Å²) in [6.45, 7) is 6.05. The molecular formula is C63H45NO2. The molecule has 0 radical (unpaired) electrons. The van der Waals surface area contributed by atoms with Crippen molar-refractivity contribution in [3.63, 3.8) is 0 Å². The van der Waals surface area contributed by atoms with Crippen molar-refractivity contribution in [3.8, 4) is 67.1 Å². The molecule has 314 valence electrons. The number of aryl methyl sites for hydroxylation is 1. The van der Waals surface area contributed by atoms with Gasteiger partial charge in [-0.25, -0.2) is 0 Å². The SMILES string of the molecule is C=Cc1ccc(-c2ccc(N(c3ccc(-c4ccc(-c5ccc(Oc6ccccc6-c6ccccc6C)cc5)cc4)cc3)c3ccc(-c4cccc5c4oc4ccccc45)cc3)cc2)cc1. The summed E-state index contributed by atoms with van der Waals surface area (Å²) in [5.74, 6) is 1.64. The van der Waals surface area contributed by atoms with Gasteiger partial charge in [-0.15, -0.1) is 0 Å². The first-order chi connectivity index (χ1) is 32.6. The Kier molecular flexibility index (Phi) is 10.6. The molecule has 0 N–H and O–H groups in total. The van der Waals surface area contributed by atoms with Crippen LogP contribution in [0.1, 0.15) is 11.1 Å². The van der Waals surface area contributed by atoms with Crippen molar-refractivity contribution in [1.29, 1.82) is 0 Å². The Hall–Kier alpha value is -8.66. The highest BCUT2D eigenvalue weighted by Crippen LogP contribution is 2.41. The molecule has 3 nitrogen and oxygen atoms in total. The van der Waals surface area contributed by atoms with E-state index in [4.69, 9.17) is 9.15 Å². The van der Waals surface area contributed by atoms with Gasteiger partial charge in [0, 0.05) is 39.0 Å². The molecule has 11 aromatic rings. The maximum absolute atomic E-state index is 6.44. The Bertz CT molecular complexity index is 3470. The average molecular weight is 848 g/mol. The van der Waals surface area contributed by atoms with E-state index in [1.807, 2.05) is 42.5 Å². The highest BCUT2D eigenvalue weighted by Gasteiger charge is 2.17. The second-order valence-electron chi connectivity index (χ2n) is 16.6. The molecule has 1 aromatic heterocycles. The Morgan fingerprint density at radius 1 is 0.394 bits per heavy atom. The number of benzene rings is 10. The third kappa shape index (κ3) is 7.84. The standard InChI is InChI=1S/C63H45NO2/c1-3-44-19-21-45(22-20-44)48-27-35-52(36-28-48)64(54-39-31-51(32-40-54)57-15-10-16-60-59-14-7-9-18-62(59)66-63(57)60)53-37-29-49(30-38-53)46-23-25-47(26-24-46)50-33-41-55(42-34-50)65-61-17-8-6-13-58(61)56-12-5-4-11-43(56)2/h3-42H,1H2,2H3. The minimum atomic E-state index is 0.802. The van der Waals surface area contributed by atoms with Gasteiger partial charge in [0.2, 0.25) is 0 Å². The number of para-hydroxylation sites is 3. The van der Waals surface area contributed by atoms with E-state index in [0.717, 1.165) is 101 Å². The molecule has 0 saturated carbocycles. The Morgan fingerprint density at radius 3 is 1.41 bits per heavy atom. The summed E-state index contributed by atoms with van der Waals surface area (Å²) in [5, 5.41) is 2.25. The first-order valence-electron chi connectivity index (χ1n) is 22.3. The molecule has 0 unspecified atom stereocenters. The summed E-state index contributed by atoms with van der Waals surface area (Å²) < 4.78 is 12.8. The van der Waals surface area contributed by atoms with Gasteiger partial charge >= 0.3 is 0 Å². The number of hydrogen-bond donors (Lipinski definition) is 0. The van der Waals surface area contributed by atoms with Crippen LogP contribution in [0.5, 0.6) is 11.5 Å². The van der Waals surface area contributed by atoms with Gasteiger partial charge in [-0.2, -0.15) is 0 Å². The number of nitrogens with zero attached hydrogens (tertiary/aromatic N) is 1. The minimum absolute atomic E-state index is 0.802. The zero-order valence-electron chi connectivity index (χ0n) is 36.6. The molecule has 11 rings (SSSR count). The van der Waals surface area contributed by atoms with E-state index in [2.05, 4.69) is 219 Å². The molecular weight excluding hydrogens is 803 g/mol. The van der Waals surface area contributed by atoms with Crippen molar-refractivity contribution in [2.24, 2.45) is 0 Å². The number of fused-ring (bicyclic) bond motifs is 3. The van der Waals surface area contributed by atoms with Crippen LogP contribution < -0.4 is 9.64 Å². The third-order valence-corrected chi connectivity index (χ3v) is 12.5. The fraction of sp³-hybridized carbons (Fsp3) is 0.0159. The number of rotatable bonds is 11. The van der Waals surface area contributed by atoms with Crippen LogP contribution >= 0.6 is 0 Å². The van der Waals surface area contributed by atoms with E-state index < -0.39 is 0 Å². The van der Waals surface area contributed by atoms with Crippen molar-refractivity contribution in [2.75, 3.05) is 4.90 Å². The quantitative estimate of drug-likeness (QED) is 0.130. The molecule has 0 fully saturated rings. The van der Waals surface area contributed by atoms with Gasteiger partial charge in [0.1, 0.15) is 22.7 Å². The third-order valence-electron chi connectivity index (χ3n) is 12.5. The van der Waals surface area contributed by atoms with Crippen molar-refractivity contribution >= 4 is 45.1 Å². The number of anilines is 3. The van der Waals surface area contributed by atoms with E-state index >= 15 is 0 Å². The summed E-state index contributed by atoms with van der Waals surface area (Å²) in [7, 11) is 0. The molecule has 3 heteroatoms. The van der Waals surface area contributed by atoms with E-state index in [1.54, 1.807) is 0 Å². The first-order valence-corrected chi connectivity index (χ1v) is 22.3. The van der Waals surface area contributed by atoms with E-state index in [9.17, 15) is 0 Å². The molecule has 0 saturated heterocycles. The summed E-state index contributed by atoms with van der Waals surface area (Å²) in [5.41, 5.74) is 18.7. The topological polar surface area (TPSA) is 25.6 Å². The maximum Gasteiger partial charge on any atom is 0.143 e. The molecule has 0 bridgehead atoms. The number of hydrogen-bond acceptors (Lipinski definition) is 3. The van der Waals surface area contributed by atoms with Crippen LogP contribution in [0.4, 0.5) is 17.1 Å². The van der Waals surface area contributed by atoms with Gasteiger partial charge in [-0.3, -0.25) is 0 Å². The lowest BCUT2D eigenvalue weighted by molar-refractivity contribution is 0.484. The lowest BCUT2D eigenvalue weighted by Gasteiger charge is -2.26. The monoisotopic (exact) mass is 847 g/mol. The predicted octanol–water partition coefficient (Wildman–Crippen LogP) is 18.1. The molecule has 1 heterocycles. The van der Waals surface area contributed by atoms with Gasteiger partial charge in [0.05, 0.1) is 0 Å². The Balaban J connectivity index is 0.860. The van der Waals surface area contributed by atoms with E-state index in [1.165, 1.54) is 16.7 Å². The lowest BCUT2D eigenvalue weighted by atomic mass is 9.99. The Morgan fingerprint density at radius 2 is 0.833 bits per heavy atom. The smallest absolute Gasteiger partial charge is 0.143 e. The molecule has 0 amide bonds. The molecule has 66 heavy (non-hydrogen) atoms. The van der Waals surface area contributed by atoms with Crippen molar-refractivity contribution in [2.45, 2.75) is 6.92 Å². The number of ether oxygens (including phenoxy) is 1. The predicted molar refractivity (Wildman–Crippen MR) is 277 cm³/mol. The van der Waals surface area contributed by atoms with Crippen LogP contribution in [0.2, 0.25) is 0 Å².